The molecule has 2 rings (SSSR count). The molecule has 2 aromatic rings. The lowest BCUT2D eigenvalue weighted by Gasteiger charge is -2.11. The van der Waals surface area contributed by atoms with Gasteiger partial charge in [0.2, 0.25) is 5.91 Å². The number of ether oxygens (including phenoxy) is 2. The molecule has 0 aliphatic carbocycles. The first kappa shape index (κ1) is 18.8. The van der Waals surface area contributed by atoms with E-state index in [0.29, 0.717) is 23.6 Å². The zero-order valence-corrected chi connectivity index (χ0v) is 15.6. The van der Waals surface area contributed by atoms with Crippen LogP contribution in [-0.2, 0) is 11.3 Å². The minimum absolute atomic E-state index is 0.0986. The first-order chi connectivity index (χ1) is 12.0. The van der Waals surface area contributed by atoms with Crippen LogP contribution in [0.1, 0.15) is 15.9 Å². The maximum atomic E-state index is 12.0. The van der Waals surface area contributed by atoms with Crippen molar-refractivity contribution in [2.24, 2.45) is 0 Å². The minimum Gasteiger partial charge on any atom is -0.493 e. The average molecular weight is 407 g/mol. The molecule has 2 amide bonds. The quantitative estimate of drug-likeness (QED) is 0.740. The molecule has 0 saturated carbocycles. The fraction of sp³-hybridized carbons (Fsp3) is 0.222. The van der Waals surface area contributed by atoms with Gasteiger partial charge in [-0.2, -0.15) is 0 Å². The average Bonchev–Trinajstić information content (AvgIpc) is 2.64. The third-order valence-electron chi connectivity index (χ3n) is 3.43. The van der Waals surface area contributed by atoms with Gasteiger partial charge >= 0.3 is 0 Å². The van der Waals surface area contributed by atoms with Gasteiger partial charge in [0.1, 0.15) is 0 Å². The van der Waals surface area contributed by atoms with Gasteiger partial charge in [0.15, 0.2) is 11.5 Å². The number of nitrogens with one attached hydrogen (secondary N) is 2. The summed E-state index contributed by atoms with van der Waals surface area (Å²) in [7, 11) is 3.12. The molecular weight excluding hydrogens is 388 g/mol. The highest BCUT2D eigenvalue weighted by molar-refractivity contribution is 9.10. The molecule has 25 heavy (non-hydrogen) atoms. The van der Waals surface area contributed by atoms with E-state index in [1.54, 1.807) is 44.6 Å². The Morgan fingerprint density at radius 3 is 2.44 bits per heavy atom. The van der Waals surface area contributed by atoms with Crippen molar-refractivity contribution in [2.45, 2.75) is 6.54 Å². The van der Waals surface area contributed by atoms with Gasteiger partial charge in [-0.3, -0.25) is 9.59 Å². The van der Waals surface area contributed by atoms with Crippen LogP contribution in [0.25, 0.3) is 0 Å². The Hall–Kier alpha value is -2.54. The molecular formula is C18H19BrN2O4. The zero-order chi connectivity index (χ0) is 18.2. The molecule has 2 N–H and O–H groups in total. The molecule has 0 spiro atoms. The summed E-state index contributed by atoms with van der Waals surface area (Å²) in [6, 6.07) is 12.4. The number of hydrogen-bond acceptors (Lipinski definition) is 4. The second-order valence-electron chi connectivity index (χ2n) is 5.16. The van der Waals surface area contributed by atoms with Gasteiger partial charge in [0.05, 0.1) is 20.8 Å². The summed E-state index contributed by atoms with van der Waals surface area (Å²) in [5.74, 6) is 0.636. The van der Waals surface area contributed by atoms with E-state index in [1.807, 2.05) is 12.1 Å². The van der Waals surface area contributed by atoms with E-state index >= 15 is 0 Å². The Bertz CT molecular complexity index is 764. The van der Waals surface area contributed by atoms with Crippen LogP contribution in [0, 0.1) is 0 Å². The van der Waals surface area contributed by atoms with E-state index in [0.717, 1.165) is 10.0 Å². The number of benzene rings is 2. The second-order valence-corrected chi connectivity index (χ2v) is 6.07. The predicted molar refractivity (Wildman–Crippen MR) is 97.9 cm³/mol. The first-order valence-electron chi connectivity index (χ1n) is 7.55. The molecule has 0 aliphatic heterocycles. The highest BCUT2D eigenvalue weighted by atomic mass is 79.9. The Balaban J connectivity index is 1.83. The summed E-state index contributed by atoms with van der Waals surface area (Å²) >= 11 is 3.30. The van der Waals surface area contributed by atoms with Gasteiger partial charge in [-0.1, -0.05) is 28.1 Å². The van der Waals surface area contributed by atoms with Crippen LogP contribution < -0.4 is 20.1 Å². The van der Waals surface area contributed by atoms with Gasteiger partial charge in [-0.15, -0.1) is 0 Å². The maximum Gasteiger partial charge on any atom is 0.251 e. The molecule has 0 unspecified atom stereocenters. The normalized spacial score (nSPS) is 10.0. The number of rotatable bonds is 7. The zero-order valence-electron chi connectivity index (χ0n) is 14.0. The molecule has 0 atom stereocenters. The standard InChI is InChI=1S/C18H19BrN2O4/c1-24-15-7-6-12(8-16(15)25-2)10-20-17(22)11-21-18(23)13-4-3-5-14(19)9-13/h3-9H,10-11H2,1-2H3,(H,20,22)(H,21,23). The molecule has 0 fully saturated rings. The summed E-state index contributed by atoms with van der Waals surface area (Å²) < 4.78 is 11.2. The molecule has 0 aromatic heterocycles. The van der Waals surface area contributed by atoms with Crippen molar-refractivity contribution < 1.29 is 19.1 Å². The monoisotopic (exact) mass is 406 g/mol. The summed E-state index contributed by atoms with van der Waals surface area (Å²) in [6.45, 7) is 0.227. The van der Waals surface area contributed by atoms with Crippen molar-refractivity contribution >= 4 is 27.7 Å². The third kappa shape index (κ3) is 5.49. The van der Waals surface area contributed by atoms with Crippen LogP contribution >= 0.6 is 15.9 Å². The van der Waals surface area contributed by atoms with Crippen LogP contribution in [0.3, 0.4) is 0 Å². The van der Waals surface area contributed by atoms with E-state index < -0.39 is 0 Å². The van der Waals surface area contributed by atoms with Gasteiger partial charge in [-0.25, -0.2) is 0 Å². The van der Waals surface area contributed by atoms with Gasteiger partial charge < -0.3 is 20.1 Å². The highest BCUT2D eigenvalue weighted by Gasteiger charge is 2.09. The van der Waals surface area contributed by atoms with Crippen LogP contribution in [-0.4, -0.2) is 32.6 Å². The number of halogens is 1. The van der Waals surface area contributed by atoms with E-state index in [4.69, 9.17) is 9.47 Å². The highest BCUT2D eigenvalue weighted by Crippen LogP contribution is 2.27. The van der Waals surface area contributed by atoms with Crippen molar-refractivity contribution in [1.29, 1.82) is 0 Å². The van der Waals surface area contributed by atoms with Gasteiger partial charge in [-0.05, 0) is 35.9 Å². The number of carbonyl (C=O) groups is 2. The number of amides is 2. The van der Waals surface area contributed by atoms with Gasteiger partial charge in [0, 0.05) is 16.6 Å². The molecule has 2 aromatic carbocycles. The van der Waals surface area contributed by atoms with E-state index in [9.17, 15) is 9.59 Å². The molecule has 132 valence electrons. The first-order valence-corrected chi connectivity index (χ1v) is 8.34. The summed E-state index contributed by atoms with van der Waals surface area (Å²) in [6.07, 6.45) is 0. The lowest BCUT2D eigenvalue weighted by molar-refractivity contribution is -0.120. The van der Waals surface area contributed by atoms with Crippen LogP contribution in [0.15, 0.2) is 46.9 Å². The molecule has 0 heterocycles. The smallest absolute Gasteiger partial charge is 0.251 e. The van der Waals surface area contributed by atoms with Crippen LogP contribution in [0.2, 0.25) is 0 Å². The van der Waals surface area contributed by atoms with E-state index in [-0.39, 0.29) is 18.4 Å². The Labute approximate surface area is 154 Å². The largest absolute Gasteiger partial charge is 0.493 e. The number of methoxy groups -OCH3 is 2. The molecule has 0 saturated heterocycles. The van der Waals surface area contributed by atoms with Crippen LogP contribution in [0.4, 0.5) is 0 Å². The predicted octanol–water partition coefficient (Wildman–Crippen LogP) is 2.51. The topological polar surface area (TPSA) is 76.7 Å². The molecule has 0 bridgehead atoms. The van der Waals surface area contributed by atoms with Crippen molar-refractivity contribution in [3.63, 3.8) is 0 Å². The van der Waals surface area contributed by atoms with Crippen LogP contribution in [0.5, 0.6) is 11.5 Å². The fourth-order valence-electron chi connectivity index (χ4n) is 2.15. The molecule has 6 nitrogen and oxygen atoms in total. The Morgan fingerprint density at radius 1 is 1.00 bits per heavy atom. The number of carbonyl (C=O) groups excluding carboxylic acids is 2. The molecule has 0 radical (unpaired) electrons. The summed E-state index contributed by atoms with van der Waals surface area (Å²) in [5, 5.41) is 5.33. The van der Waals surface area contributed by atoms with E-state index in [2.05, 4.69) is 26.6 Å². The third-order valence-corrected chi connectivity index (χ3v) is 3.93. The van der Waals surface area contributed by atoms with Crippen molar-refractivity contribution in [1.82, 2.24) is 10.6 Å². The maximum absolute atomic E-state index is 12.0. The minimum atomic E-state index is -0.303. The number of hydrogen-bond donors (Lipinski definition) is 2. The molecule has 7 heteroatoms. The SMILES string of the molecule is COc1ccc(CNC(=O)CNC(=O)c2cccc(Br)c2)cc1OC. The molecule has 0 aliphatic rings. The lowest BCUT2D eigenvalue weighted by Crippen LogP contribution is -2.36. The van der Waals surface area contributed by atoms with E-state index in [1.165, 1.54) is 0 Å². The van der Waals surface area contributed by atoms with Crippen molar-refractivity contribution in [3.8, 4) is 11.5 Å². The second kappa shape index (κ2) is 9.08. The Morgan fingerprint density at radius 2 is 1.76 bits per heavy atom. The Kier molecular flexibility index (Phi) is 6.82. The fourth-order valence-corrected chi connectivity index (χ4v) is 2.55. The lowest BCUT2D eigenvalue weighted by atomic mass is 10.2. The summed E-state index contributed by atoms with van der Waals surface area (Å²) in [4.78, 5) is 23.9. The van der Waals surface area contributed by atoms with Crippen molar-refractivity contribution in [2.75, 3.05) is 20.8 Å². The van der Waals surface area contributed by atoms with Crippen molar-refractivity contribution in [3.05, 3.63) is 58.1 Å². The summed E-state index contributed by atoms with van der Waals surface area (Å²) in [5.41, 5.74) is 1.35. The van der Waals surface area contributed by atoms with Gasteiger partial charge in [0.25, 0.3) is 5.91 Å².